The summed E-state index contributed by atoms with van der Waals surface area (Å²) in [5.74, 6) is 0.245. The Morgan fingerprint density at radius 2 is 1.94 bits per heavy atom. The molecule has 0 aliphatic carbocycles. The molecule has 1 radical (unpaired) electrons. The maximum absolute atomic E-state index is 11.2. The first-order valence-corrected chi connectivity index (χ1v) is 5.95. The fourth-order valence-corrected chi connectivity index (χ4v) is 1.78. The Morgan fingerprint density at radius 1 is 1.33 bits per heavy atom. The molecule has 1 aromatic rings. The molecular formula is C14H18NO3. The fraction of sp³-hybridized carbons (Fsp3) is 0.429. The van der Waals surface area contributed by atoms with Crippen LogP contribution in [0.4, 0.5) is 4.79 Å². The van der Waals surface area contributed by atoms with Gasteiger partial charge in [-0.2, -0.15) is 0 Å². The molecule has 0 fully saturated rings. The van der Waals surface area contributed by atoms with E-state index in [1.54, 1.807) is 0 Å². The SMILES string of the molecule is CC(C)C[C@@H]([C]=O)N(Cc1ccccc1)C(=O)O. The average Bonchev–Trinajstić information content (AvgIpc) is 2.34. The summed E-state index contributed by atoms with van der Waals surface area (Å²) >= 11 is 0. The van der Waals surface area contributed by atoms with E-state index >= 15 is 0 Å². The molecule has 18 heavy (non-hydrogen) atoms. The van der Waals surface area contributed by atoms with Crippen LogP contribution in [-0.2, 0) is 11.3 Å². The number of nitrogens with zero attached hydrogens (tertiary/aromatic N) is 1. The first-order chi connectivity index (χ1) is 8.54. The normalized spacial score (nSPS) is 12.2. The van der Waals surface area contributed by atoms with Crippen molar-refractivity contribution in [3.63, 3.8) is 0 Å². The molecule has 1 atom stereocenters. The van der Waals surface area contributed by atoms with Gasteiger partial charge >= 0.3 is 6.09 Å². The van der Waals surface area contributed by atoms with Crippen molar-refractivity contribution in [3.8, 4) is 0 Å². The average molecular weight is 248 g/mol. The molecule has 0 spiro atoms. The second-order valence-electron chi connectivity index (χ2n) is 4.66. The minimum absolute atomic E-state index is 0.211. The summed E-state index contributed by atoms with van der Waals surface area (Å²) in [5.41, 5.74) is 0.865. The summed E-state index contributed by atoms with van der Waals surface area (Å²) in [6.45, 7) is 4.11. The van der Waals surface area contributed by atoms with Crippen LogP contribution in [0.5, 0.6) is 0 Å². The molecule has 1 rings (SSSR count). The van der Waals surface area contributed by atoms with Gasteiger partial charge in [0.05, 0.1) is 0 Å². The van der Waals surface area contributed by atoms with Crippen LogP contribution in [-0.4, -0.2) is 28.4 Å². The number of carbonyl (C=O) groups excluding carboxylic acids is 1. The van der Waals surface area contributed by atoms with Gasteiger partial charge in [0, 0.05) is 6.54 Å². The molecule has 4 nitrogen and oxygen atoms in total. The molecule has 0 bridgehead atoms. The molecule has 97 valence electrons. The van der Waals surface area contributed by atoms with Gasteiger partial charge in [-0.15, -0.1) is 0 Å². The standard InChI is InChI=1S/C14H18NO3/c1-11(2)8-13(10-16)15(14(17)18)9-12-6-4-3-5-7-12/h3-7,11,13H,8-9H2,1-2H3,(H,17,18)/t13-/m0/s1. The Bertz CT molecular complexity index is 389. The number of amides is 1. The monoisotopic (exact) mass is 248 g/mol. The van der Waals surface area contributed by atoms with E-state index in [1.165, 1.54) is 0 Å². The highest BCUT2D eigenvalue weighted by atomic mass is 16.4. The van der Waals surface area contributed by atoms with E-state index in [0.29, 0.717) is 6.42 Å². The molecule has 0 saturated heterocycles. The summed E-state index contributed by atoms with van der Waals surface area (Å²) in [6, 6.07) is 8.53. The zero-order valence-electron chi connectivity index (χ0n) is 10.7. The van der Waals surface area contributed by atoms with Crippen LogP contribution in [0.2, 0.25) is 0 Å². The first kappa shape index (κ1) is 14.2. The molecule has 1 aromatic carbocycles. The topological polar surface area (TPSA) is 57.6 Å². The molecule has 0 heterocycles. The Labute approximate surface area is 107 Å². The van der Waals surface area contributed by atoms with Gasteiger partial charge in [-0.25, -0.2) is 4.79 Å². The van der Waals surface area contributed by atoms with Gasteiger partial charge < -0.3 is 5.11 Å². The maximum Gasteiger partial charge on any atom is 0.408 e. The van der Waals surface area contributed by atoms with Crippen molar-refractivity contribution in [3.05, 3.63) is 35.9 Å². The highest BCUT2D eigenvalue weighted by Crippen LogP contribution is 2.14. The lowest BCUT2D eigenvalue weighted by Crippen LogP contribution is -2.40. The van der Waals surface area contributed by atoms with Gasteiger partial charge in [0.1, 0.15) is 6.04 Å². The van der Waals surface area contributed by atoms with Crippen LogP contribution in [0.3, 0.4) is 0 Å². The molecule has 0 aliphatic heterocycles. The van der Waals surface area contributed by atoms with E-state index < -0.39 is 12.1 Å². The second-order valence-corrected chi connectivity index (χ2v) is 4.66. The fourth-order valence-electron chi connectivity index (χ4n) is 1.78. The predicted octanol–water partition coefficient (Wildman–Crippen LogP) is 2.69. The van der Waals surface area contributed by atoms with Gasteiger partial charge in [-0.1, -0.05) is 44.2 Å². The zero-order chi connectivity index (χ0) is 13.5. The highest BCUT2D eigenvalue weighted by molar-refractivity contribution is 5.72. The quantitative estimate of drug-likeness (QED) is 0.842. The van der Waals surface area contributed by atoms with Crippen LogP contribution in [0.25, 0.3) is 0 Å². The van der Waals surface area contributed by atoms with Gasteiger partial charge in [0.15, 0.2) is 0 Å². The van der Waals surface area contributed by atoms with Crippen molar-refractivity contribution < 1.29 is 14.7 Å². The predicted molar refractivity (Wildman–Crippen MR) is 68.9 cm³/mol. The van der Waals surface area contributed by atoms with Gasteiger partial charge in [0.25, 0.3) is 0 Å². The summed E-state index contributed by atoms with van der Waals surface area (Å²) in [5, 5.41) is 9.20. The van der Waals surface area contributed by atoms with Crippen molar-refractivity contribution in [1.82, 2.24) is 4.90 Å². The van der Waals surface area contributed by atoms with Crippen LogP contribution in [0, 0.1) is 5.92 Å². The van der Waals surface area contributed by atoms with E-state index in [4.69, 9.17) is 0 Å². The third-order valence-corrected chi connectivity index (χ3v) is 2.65. The Morgan fingerprint density at radius 3 is 2.39 bits per heavy atom. The number of benzene rings is 1. The van der Waals surface area contributed by atoms with Crippen molar-refractivity contribution in [1.29, 1.82) is 0 Å². The van der Waals surface area contributed by atoms with Gasteiger partial charge in [0.2, 0.25) is 6.29 Å². The molecule has 4 heteroatoms. The first-order valence-electron chi connectivity index (χ1n) is 5.95. The van der Waals surface area contributed by atoms with E-state index in [0.717, 1.165) is 10.5 Å². The van der Waals surface area contributed by atoms with Crippen molar-refractivity contribution in [2.24, 2.45) is 5.92 Å². The lowest BCUT2D eigenvalue weighted by molar-refractivity contribution is 0.128. The van der Waals surface area contributed by atoms with Crippen molar-refractivity contribution in [2.45, 2.75) is 32.9 Å². The number of hydrogen-bond acceptors (Lipinski definition) is 2. The van der Waals surface area contributed by atoms with Crippen LogP contribution < -0.4 is 0 Å². The molecule has 0 aliphatic rings. The smallest absolute Gasteiger partial charge is 0.408 e. The molecule has 1 N–H and O–H groups in total. The summed E-state index contributed by atoms with van der Waals surface area (Å²) in [4.78, 5) is 23.3. The molecule has 0 saturated carbocycles. The van der Waals surface area contributed by atoms with E-state index in [1.807, 2.05) is 50.5 Å². The van der Waals surface area contributed by atoms with Crippen LogP contribution in [0.15, 0.2) is 30.3 Å². The van der Waals surface area contributed by atoms with Gasteiger partial charge in [-0.05, 0) is 17.9 Å². The minimum Gasteiger partial charge on any atom is -0.465 e. The number of rotatable bonds is 6. The summed E-state index contributed by atoms with van der Waals surface area (Å²) in [6.07, 6.45) is 1.23. The lowest BCUT2D eigenvalue weighted by atomic mass is 10.0. The summed E-state index contributed by atoms with van der Waals surface area (Å²) in [7, 11) is 0. The van der Waals surface area contributed by atoms with E-state index in [2.05, 4.69) is 0 Å². The third kappa shape index (κ3) is 4.20. The molecule has 1 amide bonds. The van der Waals surface area contributed by atoms with E-state index in [9.17, 15) is 14.7 Å². The number of carbonyl (C=O) groups is 1. The zero-order valence-corrected chi connectivity index (χ0v) is 10.7. The maximum atomic E-state index is 11.2. The molecule has 0 unspecified atom stereocenters. The van der Waals surface area contributed by atoms with Crippen molar-refractivity contribution >= 4 is 12.4 Å². The lowest BCUT2D eigenvalue weighted by Gasteiger charge is -2.26. The Balaban J connectivity index is 2.81. The Kier molecular flexibility index (Phi) is 5.36. The minimum atomic E-state index is -1.09. The largest absolute Gasteiger partial charge is 0.465 e. The second kappa shape index (κ2) is 6.79. The van der Waals surface area contributed by atoms with E-state index in [-0.39, 0.29) is 12.5 Å². The van der Waals surface area contributed by atoms with Crippen LogP contribution in [0.1, 0.15) is 25.8 Å². The number of carboxylic acid groups (broad SMARTS) is 1. The number of hydrogen-bond donors (Lipinski definition) is 1. The van der Waals surface area contributed by atoms with Gasteiger partial charge in [-0.3, -0.25) is 9.69 Å². The third-order valence-electron chi connectivity index (χ3n) is 2.65. The van der Waals surface area contributed by atoms with Crippen molar-refractivity contribution in [2.75, 3.05) is 0 Å². The highest BCUT2D eigenvalue weighted by Gasteiger charge is 2.24. The summed E-state index contributed by atoms with van der Waals surface area (Å²) < 4.78 is 0. The van der Waals surface area contributed by atoms with Crippen LogP contribution >= 0.6 is 0 Å². The Hall–Kier alpha value is -1.84. The molecular weight excluding hydrogens is 230 g/mol. The molecule has 0 aromatic heterocycles.